The first-order valence-corrected chi connectivity index (χ1v) is 5.46. The van der Waals surface area contributed by atoms with E-state index < -0.39 is 0 Å². The molecule has 1 heterocycles. The average molecular weight is 258 g/mol. The first-order chi connectivity index (χ1) is 7.70. The van der Waals surface area contributed by atoms with Crippen LogP contribution in [0.25, 0.3) is 5.57 Å². The normalized spacial score (nSPS) is 20.6. The second-order valence-electron chi connectivity index (χ2n) is 4.27. The molecule has 17 heavy (non-hydrogen) atoms. The van der Waals surface area contributed by atoms with Gasteiger partial charge in [0.15, 0.2) is 0 Å². The van der Waals surface area contributed by atoms with E-state index in [0.717, 1.165) is 24.2 Å². The van der Waals surface area contributed by atoms with Crippen LogP contribution >= 0.6 is 12.4 Å². The monoisotopic (exact) mass is 257 g/mol. The summed E-state index contributed by atoms with van der Waals surface area (Å²) in [6.45, 7) is 1.86. The molecule has 1 atom stereocenters. The second-order valence-corrected chi connectivity index (χ2v) is 4.27. The van der Waals surface area contributed by atoms with Gasteiger partial charge in [-0.1, -0.05) is 18.2 Å². The summed E-state index contributed by atoms with van der Waals surface area (Å²) in [6.07, 6.45) is 2.11. The van der Waals surface area contributed by atoms with Crippen LogP contribution in [0.5, 0.6) is 0 Å². The molecule has 0 spiro atoms. The molecule has 2 nitrogen and oxygen atoms in total. The van der Waals surface area contributed by atoms with Crippen LogP contribution < -0.4 is 0 Å². The van der Waals surface area contributed by atoms with E-state index >= 15 is 0 Å². The Hall–Kier alpha value is -0.900. The van der Waals surface area contributed by atoms with Crippen LogP contribution in [-0.2, 0) is 0 Å². The Morgan fingerprint density at radius 1 is 1.35 bits per heavy atom. The van der Waals surface area contributed by atoms with E-state index in [1.54, 1.807) is 12.1 Å². The first kappa shape index (κ1) is 14.2. The summed E-state index contributed by atoms with van der Waals surface area (Å²) < 4.78 is 12.8. The average Bonchev–Trinajstić information content (AvgIpc) is 2.30. The maximum Gasteiger partial charge on any atom is 0.123 e. The van der Waals surface area contributed by atoms with Crippen LogP contribution in [0.4, 0.5) is 4.39 Å². The summed E-state index contributed by atoms with van der Waals surface area (Å²) >= 11 is 0. The van der Waals surface area contributed by atoms with Crippen LogP contribution in [0.1, 0.15) is 5.56 Å². The van der Waals surface area contributed by atoms with Gasteiger partial charge in [-0.2, -0.15) is 0 Å². The van der Waals surface area contributed by atoms with Gasteiger partial charge in [0.05, 0.1) is 6.61 Å². The third-order valence-electron chi connectivity index (χ3n) is 2.99. The molecule has 0 aliphatic carbocycles. The number of hydrogen-bond donors (Lipinski definition) is 1. The molecule has 1 N–H and O–H groups in total. The number of aliphatic hydroxyl groups excluding tert-OH is 1. The third kappa shape index (κ3) is 3.28. The molecule has 4 heteroatoms. The van der Waals surface area contributed by atoms with E-state index in [9.17, 15) is 9.50 Å². The number of rotatable bonds is 2. The standard InChI is InChI=1S/C13H16FNO.ClH/c1-15-7-6-13(11(8-15)9-16)10-2-4-12(14)5-3-10;/h2-6,11,16H,7-9H2,1H3;1H. The number of nitrogens with zero attached hydrogens (tertiary/aromatic N) is 1. The van der Waals surface area contributed by atoms with E-state index in [1.807, 2.05) is 7.05 Å². The zero-order chi connectivity index (χ0) is 11.5. The van der Waals surface area contributed by atoms with E-state index in [1.165, 1.54) is 12.1 Å². The van der Waals surface area contributed by atoms with Crippen molar-refractivity contribution >= 4 is 18.0 Å². The highest BCUT2D eigenvalue weighted by Gasteiger charge is 2.20. The summed E-state index contributed by atoms with van der Waals surface area (Å²) in [5.41, 5.74) is 2.13. The molecule has 1 aliphatic rings. The topological polar surface area (TPSA) is 23.5 Å². The summed E-state index contributed by atoms with van der Waals surface area (Å²) in [4.78, 5) is 2.16. The molecule has 1 aromatic rings. The van der Waals surface area contributed by atoms with Gasteiger partial charge < -0.3 is 10.0 Å². The molecular weight excluding hydrogens is 241 g/mol. The Labute approximate surface area is 107 Å². The lowest BCUT2D eigenvalue weighted by atomic mass is 9.90. The lowest BCUT2D eigenvalue weighted by Crippen LogP contribution is -2.32. The van der Waals surface area contributed by atoms with Gasteiger partial charge >= 0.3 is 0 Å². The molecule has 94 valence electrons. The van der Waals surface area contributed by atoms with E-state index in [-0.39, 0.29) is 30.7 Å². The lowest BCUT2D eigenvalue weighted by Gasteiger charge is -2.29. The van der Waals surface area contributed by atoms with Gasteiger partial charge in [-0.15, -0.1) is 12.4 Å². The Morgan fingerprint density at radius 2 is 2.00 bits per heavy atom. The maximum absolute atomic E-state index is 12.8. The minimum Gasteiger partial charge on any atom is -0.396 e. The molecule has 0 fully saturated rings. The van der Waals surface area contributed by atoms with Crippen LogP contribution in [0.15, 0.2) is 30.3 Å². The highest BCUT2D eigenvalue weighted by molar-refractivity contribution is 5.85. The molecule has 1 unspecified atom stereocenters. The summed E-state index contributed by atoms with van der Waals surface area (Å²) in [5, 5.41) is 9.35. The second kappa shape index (κ2) is 6.15. The molecule has 2 rings (SSSR count). The van der Waals surface area contributed by atoms with Gasteiger partial charge in [0.25, 0.3) is 0 Å². The summed E-state index contributed by atoms with van der Waals surface area (Å²) in [7, 11) is 2.03. The first-order valence-electron chi connectivity index (χ1n) is 5.46. The van der Waals surface area contributed by atoms with Crippen molar-refractivity contribution in [2.45, 2.75) is 0 Å². The zero-order valence-electron chi connectivity index (χ0n) is 9.77. The predicted molar refractivity (Wildman–Crippen MR) is 69.7 cm³/mol. The number of halogens is 2. The largest absolute Gasteiger partial charge is 0.396 e. The number of aliphatic hydroxyl groups is 1. The lowest BCUT2D eigenvalue weighted by molar-refractivity contribution is 0.212. The summed E-state index contributed by atoms with van der Waals surface area (Å²) in [6, 6.07) is 6.47. The van der Waals surface area contributed by atoms with Gasteiger partial charge in [0.2, 0.25) is 0 Å². The highest BCUT2D eigenvalue weighted by Crippen LogP contribution is 2.27. The van der Waals surface area contributed by atoms with Crippen LogP contribution in [0, 0.1) is 11.7 Å². The molecule has 0 radical (unpaired) electrons. The highest BCUT2D eigenvalue weighted by atomic mass is 35.5. The zero-order valence-corrected chi connectivity index (χ0v) is 10.6. The quantitative estimate of drug-likeness (QED) is 0.878. The minimum atomic E-state index is -0.224. The molecule has 0 amide bonds. The number of likely N-dealkylation sites (N-methyl/N-ethyl adjacent to an activating group) is 1. The van der Waals surface area contributed by atoms with E-state index in [4.69, 9.17) is 0 Å². The van der Waals surface area contributed by atoms with E-state index in [2.05, 4.69) is 11.0 Å². The molecule has 0 bridgehead atoms. The molecule has 1 aromatic carbocycles. The van der Waals surface area contributed by atoms with Crippen molar-refractivity contribution in [3.8, 4) is 0 Å². The maximum atomic E-state index is 12.8. The summed E-state index contributed by atoms with van der Waals surface area (Å²) in [5.74, 6) is -0.0953. The van der Waals surface area contributed by atoms with Crippen molar-refractivity contribution in [3.63, 3.8) is 0 Å². The molecule has 1 aliphatic heterocycles. The Balaban J connectivity index is 0.00000144. The Morgan fingerprint density at radius 3 is 2.59 bits per heavy atom. The molecule has 0 saturated carbocycles. The fraction of sp³-hybridized carbons (Fsp3) is 0.385. The van der Waals surface area contributed by atoms with Crippen molar-refractivity contribution in [3.05, 3.63) is 41.7 Å². The van der Waals surface area contributed by atoms with Crippen molar-refractivity contribution < 1.29 is 9.50 Å². The van der Waals surface area contributed by atoms with Crippen LogP contribution in [-0.4, -0.2) is 36.8 Å². The van der Waals surface area contributed by atoms with Gasteiger partial charge in [0.1, 0.15) is 5.82 Å². The van der Waals surface area contributed by atoms with Crippen LogP contribution in [0.3, 0.4) is 0 Å². The fourth-order valence-electron chi connectivity index (χ4n) is 2.12. The van der Waals surface area contributed by atoms with Gasteiger partial charge in [-0.25, -0.2) is 4.39 Å². The predicted octanol–water partition coefficient (Wildman–Crippen LogP) is 2.18. The SMILES string of the molecule is CN1CC=C(c2ccc(F)cc2)C(CO)C1.Cl. The molecule has 0 aromatic heterocycles. The van der Waals surface area contributed by atoms with E-state index in [0.29, 0.717) is 0 Å². The van der Waals surface area contributed by atoms with Gasteiger partial charge in [-0.05, 0) is 30.3 Å². The van der Waals surface area contributed by atoms with Crippen molar-refractivity contribution in [1.82, 2.24) is 4.90 Å². The van der Waals surface area contributed by atoms with Crippen molar-refractivity contribution in [2.75, 3.05) is 26.7 Å². The Bertz CT molecular complexity index is 391. The fourth-order valence-corrected chi connectivity index (χ4v) is 2.12. The molecule has 0 saturated heterocycles. The van der Waals surface area contributed by atoms with Crippen molar-refractivity contribution in [2.24, 2.45) is 5.92 Å². The number of benzene rings is 1. The Kier molecular flexibility index (Phi) is 5.12. The van der Waals surface area contributed by atoms with Gasteiger partial charge in [-0.3, -0.25) is 0 Å². The third-order valence-corrected chi connectivity index (χ3v) is 2.99. The number of hydrogen-bond acceptors (Lipinski definition) is 2. The minimum absolute atomic E-state index is 0. The van der Waals surface area contributed by atoms with Gasteiger partial charge in [0, 0.05) is 19.0 Å². The van der Waals surface area contributed by atoms with Crippen LogP contribution in [0.2, 0.25) is 0 Å². The smallest absolute Gasteiger partial charge is 0.123 e. The molecular formula is C13H17ClFNO. The van der Waals surface area contributed by atoms with Crippen molar-refractivity contribution in [1.29, 1.82) is 0 Å².